The van der Waals surface area contributed by atoms with Crippen LogP contribution in [-0.2, 0) is 20.9 Å². The third-order valence-corrected chi connectivity index (χ3v) is 5.02. The summed E-state index contributed by atoms with van der Waals surface area (Å²) in [6.45, 7) is 5.43. The summed E-state index contributed by atoms with van der Waals surface area (Å²) in [7, 11) is 2.98. The van der Waals surface area contributed by atoms with Gasteiger partial charge in [0.1, 0.15) is 5.75 Å². The first-order valence-electron chi connectivity index (χ1n) is 9.48. The van der Waals surface area contributed by atoms with Gasteiger partial charge in [0.15, 0.2) is 11.0 Å². The highest BCUT2D eigenvalue weighted by Gasteiger charge is 2.16. The fourth-order valence-electron chi connectivity index (χ4n) is 2.62. The molecule has 2 rings (SSSR count). The molecule has 0 aliphatic carbocycles. The van der Waals surface area contributed by atoms with Crippen LogP contribution in [0.2, 0.25) is 0 Å². The van der Waals surface area contributed by atoms with Crippen LogP contribution in [0.3, 0.4) is 0 Å². The summed E-state index contributed by atoms with van der Waals surface area (Å²) in [5.41, 5.74) is 0.943. The van der Waals surface area contributed by atoms with Crippen molar-refractivity contribution in [3.8, 4) is 17.1 Å². The molecule has 0 atom stereocenters. The molecule has 29 heavy (non-hydrogen) atoms. The van der Waals surface area contributed by atoms with Gasteiger partial charge in [-0.2, -0.15) is 0 Å². The molecule has 0 saturated heterocycles. The number of hydrogen-bond donors (Lipinski definition) is 1. The zero-order chi connectivity index (χ0) is 21.2. The minimum Gasteiger partial charge on any atom is -0.497 e. The summed E-state index contributed by atoms with van der Waals surface area (Å²) in [6, 6.07) is 7.67. The van der Waals surface area contributed by atoms with Crippen molar-refractivity contribution in [2.24, 2.45) is 5.92 Å². The number of methoxy groups -OCH3 is 2. The largest absolute Gasteiger partial charge is 0.497 e. The fraction of sp³-hybridized carbons (Fsp3) is 0.500. The molecule has 0 saturated carbocycles. The number of aromatic nitrogens is 3. The molecule has 0 fully saturated rings. The number of carbonyl (C=O) groups excluding carboxylic acids is 2. The molecule has 9 heteroatoms. The zero-order valence-corrected chi connectivity index (χ0v) is 18.1. The molecule has 1 heterocycles. The van der Waals surface area contributed by atoms with E-state index in [4.69, 9.17) is 4.74 Å². The second-order valence-electron chi connectivity index (χ2n) is 6.86. The summed E-state index contributed by atoms with van der Waals surface area (Å²) >= 11 is 1.35. The molecule has 1 amide bonds. The number of hydrogen-bond acceptors (Lipinski definition) is 7. The maximum absolute atomic E-state index is 12.1. The first-order chi connectivity index (χ1) is 13.9. The second-order valence-corrected chi connectivity index (χ2v) is 7.80. The van der Waals surface area contributed by atoms with E-state index >= 15 is 0 Å². The fourth-order valence-corrected chi connectivity index (χ4v) is 3.40. The smallest absolute Gasteiger partial charge is 0.305 e. The minimum atomic E-state index is -0.276. The molecule has 8 nitrogen and oxygen atoms in total. The molecule has 0 spiro atoms. The quantitative estimate of drug-likeness (QED) is 0.339. The Bertz CT molecular complexity index is 805. The van der Waals surface area contributed by atoms with Gasteiger partial charge in [-0.05, 0) is 36.6 Å². The normalized spacial score (nSPS) is 10.8. The van der Waals surface area contributed by atoms with Gasteiger partial charge in [-0.1, -0.05) is 25.6 Å². The van der Waals surface area contributed by atoms with Gasteiger partial charge in [0.25, 0.3) is 0 Å². The third-order valence-electron chi connectivity index (χ3n) is 4.05. The van der Waals surface area contributed by atoms with Gasteiger partial charge in [-0.25, -0.2) is 0 Å². The minimum absolute atomic E-state index is 0.107. The Hall–Kier alpha value is -2.55. The Labute approximate surface area is 175 Å². The van der Waals surface area contributed by atoms with E-state index in [2.05, 4.69) is 34.1 Å². The van der Waals surface area contributed by atoms with Crippen molar-refractivity contribution in [1.82, 2.24) is 20.1 Å². The van der Waals surface area contributed by atoms with E-state index in [1.165, 1.54) is 18.9 Å². The average molecular weight is 421 g/mol. The van der Waals surface area contributed by atoms with Gasteiger partial charge in [0.2, 0.25) is 5.91 Å². The monoisotopic (exact) mass is 420 g/mol. The second kappa shape index (κ2) is 11.5. The van der Waals surface area contributed by atoms with E-state index < -0.39 is 0 Å². The van der Waals surface area contributed by atoms with Crippen LogP contribution in [-0.4, -0.2) is 53.2 Å². The van der Waals surface area contributed by atoms with Crippen molar-refractivity contribution in [2.75, 3.05) is 26.5 Å². The SMILES string of the molecule is COC(=O)CCCNC(=O)CSc1nnc(-c2ccc(OC)cc2)n1CC(C)C. The molecule has 1 aromatic heterocycles. The van der Waals surface area contributed by atoms with Crippen LogP contribution in [0.25, 0.3) is 11.4 Å². The highest BCUT2D eigenvalue weighted by Crippen LogP contribution is 2.26. The van der Waals surface area contributed by atoms with E-state index in [0.29, 0.717) is 24.0 Å². The number of nitrogens with one attached hydrogen (secondary N) is 1. The van der Waals surface area contributed by atoms with Crippen LogP contribution in [0.1, 0.15) is 26.7 Å². The molecule has 158 valence electrons. The van der Waals surface area contributed by atoms with Crippen molar-refractivity contribution >= 4 is 23.6 Å². The summed E-state index contributed by atoms with van der Waals surface area (Å²) in [5, 5.41) is 12.1. The van der Waals surface area contributed by atoms with E-state index in [1.807, 2.05) is 28.8 Å². The molecule has 0 radical (unpaired) electrons. The predicted octanol–water partition coefficient (Wildman–Crippen LogP) is 2.77. The molecule has 1 N–H and O–H groups in total. The van der Waals surface area contributed by atoms with Crippen molar-refractivity contribution in [1.29, 1.82) is 0 Å². The molecular weight excluding hydrogens is 392 g/mol. The summed E-state index contributed by atoms with van der Waals surface area (Å²) in [5.74, 6) is 1.79. The standard InChI is InChI=1S/C20H28N4O4S/c1-14(2)12-24-19(15-7-9-16(27-3)10-8-15)22-23-20(24)29-13-17(25)21-11-5-6-18(26)28-4/h7-10,14H,5-6,11-13H2,1-4H3,(H,21,25). The number of amides is 1. The number of carbonyl (C=O) groups is 2. The Kier molecular flexibility index (Phi) is 8.98. The molecule has 2 aromatic rings. The lowest BCUT2D eigenvalue weighted by Gasteiger charge is -2.13. The number of thioether (sulfide) groups is 1. The lowest BCUT2D eigenvalue weighted by Crippen LogP contribution is -2.26. The molecule has 0 unspecified atom stereocenters. The first kappa shape index (κ1) is 22.7. The Morgan fingerprint density at radius 3 is 2.52 bits per heavy atom. The van der Waals surface area contributed by atoms with Gasteiger partial charge < -0.3 is 19.4 Å². The highest BCUT2D eigenvalue weighted by molar-refractivity contribution is 7.99. The maximum atomic E-state index is 12.1. The zero-order valence-electron chi connectivity index (χ0n) is 17.3. The summed E-state index contributed by atoms with van der Waals surface area (Å²) in [4.78, 5) is 23.2. The van der Waals surface area contributed by atoms with Gasteiger partial charge in [0.05, 0.1) is 20.0 Å². The maximum Gasteiger partial charge on any atom is 0.305 e. The number of benzene rings is 1. The van der Waals surface area contributed by atoms with Gasteiger partial charge in [0, 0.05) is 25.1 Å². The number of nitrogens with zero attached hydrogens (tertiary/aromatic N) is 3. The van der Waals surface area contributed by atoms with Crippen molar-refractivity contribution < 1.29 is 19.1 Å². The van der Waals surface area contributed by atoms with Gasteiger partial charge >= 0.3 is 5.97 Å². The molecule has 0 bridgehead atoms. The van der Waals surface area contributed by atoms with E-state index in [0.717, 1.165) is 23.7 Å². The molecular formula is C20H28N4O4S. The van der Waals surface area contributed by atoms with Crippen LogP contribution < -0.4 is 10.1 Å². The average Bonchev–Trinajstić information content (AvgIpc) is 3.11. The van der Waals surface area contributed by atoms with Crippen LogP contribution >= 0.6 is 11.8 Å². The van der Waals surface area contributed by atoms with E-state index in [9.17, 15) is 9.59 Å². The number of esters is 1. The van der Waals surface area contributed by atoms with Gasteiger partial charge in [-0.3, -0.25) is 9.59 Å². The highest BCUT2D eigenvalue weighted by atomic mass is 32.2. The van der Waals surface area contributed by atoms with Crippen LogP contribution in [0.4, 0.5) is 0 Å². The van der Waals surface area contributed by atoms with Crippen molar-refractivity contribution in [3.63, 3.8) is 0 Å². The Morgan fingerprint density at radius 2 is 1.90 bits per heavy atom. The molecule has 1 aromatic carbocycles. The Morgan fingerprint density at radius 1 is 1.17 bits per heavy atom. The first-order valence-corrected chi connectivity index (χ1v) is 10.5. The molecule has 0 aliphatic heterocycles. The topological polar surface area (TPSA) is 95.3 Å². The van der Waals surface area contributed by atoms with Gasteiger partial charge in [-0.15, -0.1) is 10.2 Å². The Balaban J connectivity index is 2.00. The van der Waals surface area contributed by atoms with Crippen molar-refractivity contribution in [2.45, 2.75) is 38.4 Å². The third kappa shape index (κ3) is 7.08. The number of rotatable bonds is 11. The molecule has 0 aliphatic rings. The lowest BCUT2D eigenvalue weighted by molar-refractivity contribution is -0.140. The van der Waals surface area contributed by atoms with E-state index in [1.54, 1.807) is 7.11 Å². The van der Waals surface area contributed by atoms with E-state index in [-0.39, 0.29) is 24.1 Å². The number of ether oxygens (including phenoxy) is 2. The van der Waals surface area contributed by atoms with Crippen molar-refractivity contribution in [3.05, 3.63) is 24.3 Å². The predicted molar refractivity (Wildman–Crippen MR) is 112 cm³/mol. The van der Waals surface area contributed by atoms with Crippen LogP contribution in [0.5, 0.6) is 5.75 Å². The summed E-state index contributed by atoms with van der Waals surface area (Å²) in [6.07, 6.45) is 0.839. The van der Waals surface area contributed by atoms with Crippen LogP contribution in [0.15, 0.2) is 29.4 Å². The van der Waals surface area contributed by atoms with Crippen LogP contribution in [0, 0.1) is 5.92 Å². The lowest BCUT2D eigenvalue weighted by atomic mass is 10.2. The summed E-state index contributed by atoms with van der Waals surface area (Å²) < 4.78 is 11.8.